The SMILES string of the molecule is COCCn1cc(NC(=O)Nc2ccc(C#Cc3cc(C(=O)Nc4ccc(CN5CCN(C)CC5)c(Cl)c4)ccc3C)cn2)cn1. The Balaban J connectivity index is 1.16. The summed E-state index contributed by atoms with van der Waals surface area (Å²) in [5.74, 6) is 6.35. The Hall–Kier alpha value is -4.73. The van der Waals surface area contributed by atoms with Crippen molar-refractivity contribution in [1.29, 1.82) is 0 Å². The zero-order chi connectivity index (χ0) is 32.5. The molecule has 0 spiro atoms. The number of hydrogen-bond acceptors (Lipinski definition) is 7. The number of benzene rings is 2. The summed E-state index contributed by atoms with van der Waals surface area (Å²) in [6.07, 6.45) is 4.85. The molecule has 0 unspecified atom stereocenters. The number of ether oxygens (including phenoxy) is 1. The van der Waals surface area contributed by atoms with Gasteiger partial charge in [-0.2, -0.15) is 5.10 Å². The molecular formula is C34H37ClN8O3. The molecule has 46 heavy (non-hydrogen) atoms. The molecule has 11 nitrogen and oxygen atoms in total. The van der Waals surface area contributed by atoms with E-state index in [9.17, 15) is 9.59 Å². The van der Waals surface area contributed by atoms with Crippen LogP contribution in [0.4, 0.5) is 22.0 Å². The molecule has 1 saturated heterocycles. The molecule has 3 heterocycles. The monoisotopic (exact) mass is 640 g/mol. The lowest BCUT2D eigenvalue weighted by molar-refractivity contribution is 0.102. The second-order valence-corrected chi connectivity index (χ2v) is 11.5. The number of anilines is 3. The number of rotatable bonds is 9. The lowest BCUT2D eigenvalue weighted by Crippen LogP contribution is -2.43. The van der Waals surface area contributed by atoms with Crippen molar-refractivity contribution < 1.29 is 14.3 Å². The van der Waals surface area contributed by atoms with E-state index in [-0.39, 0.29) is 5.91 Å². The molecule has 2 aromatic carbocycles. The van der Waals surface area contributed by atoms with Gasteiger partial charge in [0.2, 0.25) is 0 Å². The molecule has 238 valence electrons. The smallest absolute Gasteiger partial charge is 0.324 e. The molecule has 3 N–H and O–H groups in total. The summed E-state index contributed by atoms with van der Waals surface area (Å²) in [5, 5.41) is 13.2. The second kappa shape index (κ2) is 15.5. The van der Waals surface area contributed by atoms with Crippen LogP contribution in [0.1, 0.15) is 32.6 Å². The number of aromatic nitrogens is 3. The van der Waals surface area contributed by atoms with Gasteiger partial charge >= 0.3 is 6.03 Å². The molecule has 5 rings (SSSR count). The van der Waals surface area contributed by atoms with Crippen LogP contribution >= 0.6 is 11.6 Å². The van der Waals surface area contributed by atoms with Crippen molar-refractivity contribution in [3.63, 3.8) is 0 Å². The average Bonchev–Trinajstić information content (AvgIpc) is 3.49. The first kappa shape index (κ1) is 32.7. The molecule has 1 aliphatic heterocycles. The lowest BCUT2D eigenvalue weighted by atomic mass is 10.0. The van der Waals surface area contributed by atoms with Crippen molar-refractivity contribution in [2.45, 2.75) is 20.0 Å². The topological polar surface area (TPSA) is 117 Å². The van der Waals surface area contributed by atoms with Gasteiger partial charge < -0.3 is 20.3 Å². The van der Waals surface area contributed by atoms with Gasteiger partial charge in [-0.05, 0) is 61.5 Å². The molecule has 3 amide bonds. The van der Waals surface area contributed by atoms with Crippen LogP contribution in [0.15, 0.2) is 67.1 Å². The highest BCUT2D eigenvalue weighted by Crippen LogP contribution is 2.24. The van der Waals surface area contributed by atoms with Crippen LogP contribution < -0.4 is 16.0 Å². The van der Waals surface area contributed by atoms with Crippen LogP contribution in [0.5, 0.6) is 0 Å². The van der Waals surface area contributed by atoms with Gasteiger partial charge in [-0.25, -0.2) is 9.78 Å². The zero-order valence-electron chi connectivity index (χ0n) is 26.1. The van der Waals surface area contributed by atoms with E-state index in [1.807, 2.05) is 25.1 Å². The maximum absolute atomic E-state index is 13.1. The van der Waals surface area contributed by atoms with E-state index in [0.29, 0.717) is 46.5 Å². The minimum atomic E-state index is -0.438. The fourth-order valence-electron chi connectivity index (χ4n) is 4.80. The number of piperazine rings is 1. The first-order valence-electron chi connectivity index (χ1n) is 14.9. The number of pyridine rings is 1. The molecular weight excluding hydrogens is 604 g/mol. The van der Waals surface area contributed by atoms with Gasteiger partial charge in [0.05, 0.1) is 25.0 Å². The second-order valence-electron chi connectivity index (χ2n) is 11.1. The van der Waals surface area contributed by atoms with Crippen molar-refractivity contribution in [3.05, 3.63) is 100.0 Å². The number of halogens is 1. The predicted molar refractivity (Wildman–Crippen MR) is 180 cm³/mol. The third-order valence-electron chi connectivity index (χ3n) is 7.56. The van der Waals surface area contributed by atoms with Gasteiger partial charge in [0, 0.05) is 79.6 Å². The minimum absolute atomic E-state index is 0.247. The first-order chi connectivity index (χ1) is 22.2. The number of hydrogen-bond donors (Lipinski definition) is 3. The number of nitrogens with one attached hydrogen (secondary N) is 3. The Bertz CT molecular complexity index is 1740. The van der Waals surface area contributed by atoms with Crippen molar-refractivity contribution in [1.82, 2.24) is 24.6 Å². The summed E-state index contributed by atoms with van der Waals surface area (Å²) in [6, 6.07) is 14.1. The summed E-state index contributed by atoms with van der Waals surface area (Å²) in [5.41, 5.74) is 5.04. The van der Waals surface area contributed by atoms with Crippen molar-refractivity contribution in [2.75, 3.05) is 62.9 Å². The molecule has 4 aromatic rings. The number of likely N-dealkylation sites (N-methyl/N-ethyl adjacent to an activating group) is 1. The Labute approximate surface area is 273 Å². The van der Waals surface area contributed by atoms with E-state index in [2.05, 4.69) is 54.7 Å². The van der Waals surface area contributed by atoms with Crippen molar-refractivity contribution >= 4 is 40.7 Å². The lowest BCUT2D eigenvalue weighted by Gasteiger charge is -2.32. The van der Waals surface area contributed by atoms with Crippen LogP contribution in [0, 0.1) is 18.8 Å². The third kappa shape index (κ3) is 9.15. The van der Waals surface area contributed by atoms with Gasteiger partial charge in [0.1, 0.15) is 5.82 Å². The highest BCUT2D eigenvalue weighted by molar-refractivity contribution is 6.31. The fraction of sp³-hybridized carbons (Fsp3) is 0.294. The van der Waals surface area contributed by atoms with E-state index in [1.165, 1.54) is 0 Å². The standard InChI is InChI=1S/C34H37ClN8O3/c1-24-4-7-27(33(44)38-29-10-9-28(31(35)19-29)22-42-14-12-41(2)13-15-42)18-26(24)8-5-25-6-11-32(36-20-25)40-34(45)39-30-21-37-43(23-30)16-17-46-3/h4,6-7,9-11,18-21,23H,12-17,22H2,1-3H3,(H,38,44)(H2,36,39,40,45). The third-order valence-corrected chi connectivity index (χ3v) is 7.91. The number of carbonyl (C=O) groups excluding carboxylic acids is 2. The molecule has 2 aromatic heterocycles. The van der Waals surface area contributed by atoms with Gasteiger partial charge in [0.25, 0.3) is 5.91 Å². The van der Waals surface area contributed by atoms with E-state index in [0.717, 1.165) is 49.4 Å². The maximum Gasteiger partial charge on any atom is 0.324 e. The van der Waals surface area contributed by atoms with Crippen LogP contribution in [-0.2, 0) is 17.8 Å². The summed E-state index contributed by atoms with van der Waals surface area (Å²) in [6.45, 7) is 7.93. The fourth-order valence-corrected chi connectivity index (χ4v) is 5.04. The van der Waals surface area contributed by atoms with Gasteiger partial charge in [0.15, 0.2) is 0 Å². The van der Waals surface area contributed by atoms with Gasteiger partial charge in [-0.3, -0.25) is 19.7 Å². The van der Waals surface area contributed by atoms with Crippen LogP contribution in [0.2, 0.25) is 5.02 Å². The number of urea groups is 1. The molecule has 12 heteroatoms. The highest BCUT2D eigenvalue weighted by Gasteiger charge is 2.16. The Morgan fingerprint density at radius 3 is 2.52 bits per heavy atom. The average molecular weight is 641 g/mol. The predicted octanol–water partition coefficient (Wildman–Crippen LogP) is 4.93. The molecule has 0 radical (unpaired) electrons. The number of carbonyl (C=O) groups is 2. The van der Waals surface area contributed by atoms with E-state index < -0.39 is 6.03 Å². The van der Waals surface area contributed by atoms with Gasteiger partial charge in [-0.1, -0.05) is 35.6 Å². The normalized spacial score (nSPS) is 13.5. The Kier molecular flexibility index (Phi) is 11.0. The highest BCUT2D eigenvalue weighted by atomic mass is 35.5. The molecule has 1 fully saturated rings. The molecule has 0 saturated carbocycles. The van der Waals surface area contributed by atoms with E-state index in [1.54, 1.807) is 60.7 Å². The summed E-state index contributed by atoms with van der Waals surface area (Å²) < 4.78 is 6.71. The summed E-state index contributed by atoms with van der Waals surface area (Å²) in [4.78, 5) is 34.5. The molecule has 0 aliphatic carbocycles. The largest absolute Gasteiger partial charge is 0.383 e. The van der Waals surface area contributed by atoms with Crippen LogP contribution in [0.25, 0.3) is 0 Å². The van der Waals surface area contributed by atoms with Crippen LogP contribution in [-0.4, -0.2) is 83.4 Å². The van der Waals surface area contributed by atoms with Crippen molar-refractivity contribution in [3.8, 4) is 11.8 Å². The maximum atomic E-state index is 13.1. The summed E-state index contributed by atoms with van der Waals surface area (Å²) >= 11 is 6.59. The number of aryl methyl sites for hydroxylation is 1. The molecule has 0 atom stereocenters. The minimum Gasteiger partial charge on any atom is -0.383 e. The quantitative estimate of drug-likeness (QED) is 0.222. The molecule has 1 aliphatic rings. The van der Waals surface area contributed by atoms with Gasteiger partial charge in [-0.15, -0.1) is 0 Å². The molecule has 0 bridgehead atoms. The summed E-state index contributed by atoms with van der Waals surface area (Å²) in [7, 11) is 3.75. The van der Waals surface area contributed by atoms with Crippen LogP contribution in [0.3, 0.4) is 0 Å². The van der Waals surface area contributed by atoms with E-state index >= 15 is 0 Å². The number of nitrogens with zero attached hydrogens (tertiary/aromatic N) is 5. The van der Waals surface area contributed by atoms with Crippen molar-refractivity contribution in [2.24, 2.45) is 0 Å². The Morgan fingerprint density at radius 1 is 0.957 bits per heavy atom. The Morgan fingerprint density at radius 2 is 1.78 bits per heavy atom. The number of methoxy groups -OCH3 is 1. The zero-order valence-corrected chi connectivity index (χ0v) is 26.9. The van der Waals surface area contributed by atoms with E-state index in [4.69, 9.17) is 16.3 Å². The number of amides is 3. The first-order valence-corrected chi connectivity index (χ1v) is 15.3.